The van der Waals surface area contributed by atoms with Gasteiger partial charge in [-0.3, -0.25) is 0 Å². The fourth-order valence-electron chi connectivity index (χ4n) is 2.70. The molecule has 98 valence electrons. The lowest BCUT2D eigenvalue weighted by Gasteiger charge is -2.29. The van der Waals surface area contributed by atoms with Crippen molar-refractivity contribution in [3.8, 4) is 0 Å². The zero-order chi connectivity index (χ0) is 13.4. The average molecular weight is 268 g/mol. The zero-order valence-corrected chi connectivity index (χ0v) is 11.4. The summed E-state index contributed by atoms with van der Waals surface area (Å²) in [7, 11) is 0. The maximum absolute atomic E-state index is 11.6. The number of hydrogen-bond acceptors (Lipinski definition) is 2. The first-order chi connectivity index (χ1) is 8.33. The fourth-order valence-corrected chi connectivity index (χ4v) is 2.82. The minimum Gasteiger partial charge on any atom is -0.480 e. The van der Waals surface area contributed by atoms with Crippen LogP contribution in [0.4, 0.5) is 5.69 Å². The van der Waals surface area contributed by atoms with Gasteiger partial charge in [0.05, 0.1) is 0 Å². The smallest absolute Gasteiger partial charge is 0.329 e. The first kappa shape index (κ1) is 13.2. The Morgan fingerprint density at radius 2 is 1.89 bits per heavy atom. The van der Waals surface area contributed by atoms with Gasteiger partial charge in [0.1, 0.15) is 5.54 Å². The number of aliphatic carboxylic acids is 1. The molecule has 1 aliphatic rings. The molecule has 1 atom stereocenters. The van der Waals surface area contributed by atoms with Crippen molar-refractivity contribution >= 4 is 23.3 Å². The van der Waals surface area contributed by atoms with Crippen LogP contribution in [0, 0.1) is 5.41 Å². The molecular weight excluding hydrogens is 250 g/mol. The molecule has 0 heterocycles. The molecular formula is C14H18ClNO2. The number of anilines is 1. The molecule has 0 saturated heterocycles. The highest BCUT2D eigenvalue weighted by atomic mass is 35.5. The molecule has 0 amide bonds. The monoisotopic (exact) mass is 267 g/mol. The quantitative estimate of drug-likeness (QED) is 0.876. The predicted molar refractivity (Wildman–Crippen MR) is 73.1 cm³/mol. The van der Waals surface area contributed by atoms with Crippen molar-refractivity contribution < 1.29 is 9.90 Å². The van der Waals surface area contributed by atoms with Gasteiger partial charge in [0, 0.05) is 10.7 Å². The summed E-state index contributed by atoms with van der Waals surface area (Å²) in [5.41, 5.74) is 0.0225. The van der Waals surface area contributed by atoms with Crippen LogP contribution < -0.4 is 5.32 Å². The average Bonchev–Trinajstić information content (AvgIpc) is 2.59. The van der Waals surface area contributed by atoms with E-state index in [4.69, 9.17) is 11.6 Å². The SMILES string of the molecule is CC1(C)CCC(Nc2ccc(Cl)cc2)(C(=O)O)C1. The third kappa shape index (κ3) is 2.61. The summed E-state index contributed by atoms with van der Waals surface area (Å²) in [6.07, 6.45) is 2.20. The van der Waals surface area contributed by atoms with Crippen LogP contribution in [-0.4, -0.2) is 16.6 Å². The second-order valence-electron chi connectivity index (χ2n) is 5.86. The highest BCUT2D eigenvalue weighted by molar-refractivity contribution is 6.30. The van der Waals surface area contributed by atoms with Gasteiger partial charge in [-0.05, 0) is 48.9 Å². The molecule has 18 heavy (non-hydrogen) atoms. The van der Waals surface area contributed by atoms with Gasteiger partial charge >= 0.3 is 5.97 Å². The Bertz CT molecular complexity index is 455. The van der Waals surface area contributed by atoms with Crippen molar-refractivity contribution in [2.75, 3.05) is 5.32 Å². The zero-order valence-electron chi connectivity index (χ0n) is 10.7. The Kier molecular flexibility index (Phi) is 3.28. The molecule has 0 bridgehead atoms. The van der Waals surface area contributed by atoms with Gasteiger partial charge < -0.3 is 10.4 Å². The second kappa shape index (κ2) is 4.47. The van der Waals surface area contributed by atoms with Gasteiger partial charge in [0.15, 0.2) is 0 Å². The molecule has 1 aromatic carbocycles. The molecule has 0 spiro atoms. The van der Waals surface area contributed by atoms with Gasteiger partial charge in [-0.1, -0.05) is 25.4 Å². The summed E-state index contributed by atoms with van der Waals surface area (Å²) in [6.45, 7) is 4.22. The van der Waals surface area contributed by atoms with Crippen molar-refractivity contribution in [2.45, 2.75) is 38.6 Å². The first-order valence-electron chi connectivity index (χ1n) is 6.10. The summed E-state index contributed by atoms with van der Waals surface area (Å²) >= 11 is 5.83. The van der Waals surface area contributed by atoms with E-state index in [0.717, 1.165) is 12.1 Å². The lowest BCUT2D eigenvalue weighted by molar-refractivity contribution is -0.142. The third-order valence-electron chi connectivity index (χ3n) is 3.65. The van der Waals surface area contributed by atoms with Crippen LogP contribution in [0.3, 0.4) is 0 Å². The highest BCUT2D eigenvalue weighted by Crippen LogP contribution is 2.45. The summed E-state index contributed by atoms with van der Waals surface area (Å²) in [6, 6.07) is 7.16. The molecule has 1 fully saturated rings. The molecule has 1 aliphatic carbocycles. The lowest BCUT2D eigenvalue weighted by atomic mass is 9.87. The standard InChI is InChI=1S/C14H18ClNO2/c1-13(2)7-8-14(9-13,12(17)18)16-11-5-3-10(15)4-6-11/h3-6,16H,7-9H2,1-2H3,(H,17,18). The van der Waals surface area contributed by atoms with Crippen LogP contribution >= 0.6 is 11.6 Å². The molecule has 3 nitrogen and oxygen atoms in total. The molecule has 1 saturated carbocycles. The Balaban J connectivity index is 2.23. The Morgan fingerprint density at radius 1 is 1.28 bits per heavy atom. The normalized spacial score (nSPS) is 25.9. The summed E-state index contributed by atoms with van der Waals surface area (Å²) in [4.78, 5) is 11.6. The van der Waals surface area contributed by atoms with Gasteiger partial charge in [-0.25, -0.2) is 4.79 Å². The predicted octanol–water partition coefficient (Wildman–Crippen LogP) is 3.79. The van der Waals surface area contributed by atoms with E-state index in [1.807, 2.05) is 12.1 Å². The van der Waals surface area contributed by atoms with E-state index in [1.54, 1.807) is 12.1 Å². The molecule has 1 unspecified atom stereocenters. The highest BCUT2D eigenvalue weighted by Gasteiger charge is 2.48. The van der Waals surface area contributed by atoms with Crippen LogP contribution in [0.2, 0.25) is 5.02 Å². The summed E-state index contributed by atoms with van der Waals surface area (Å²) in [5.74, 6) is -0.775. The first-order valence-corrected chi connectivity index (χ1v) is 6.48. The van der Waals surface area contributed by atoms with Gasteiger partial charge in [-0.2, -0.15) is 0 Å². The number of benzene rings is 1. The van der Waals surface area contributed by atoms with Gasteiger partial charge in [-0.15, -0.1) is 0 Å². The Hall–Kier alpha value is -1.22. The molecule has 2 N–H and O–H groups in total. The Morgan fingerprint density at radius 3 is 2.33 bits per heavy atom. The van der Waals surface area contributed by atoms with E-state index in [-0.39, 0.29) is 5.41 Å². The maximum Gasteiger partial charge on any atom is 0.329 e. The van der Waals surface area contributed by atoms with E-state index >= 15 is 0 Å². The number of halogens is 1. The number of carbonyl (C=O) groups is 1. The van der Waals surface area contributed by atoms with E-state index in [2.05, 4.69) is 19.2 Å². The molecule has 4 heteroatoms. The lowest BCUT2D eigenvalue weighted by Crippen LogP contribution is -2.44. The summed E-state index contributed by atoms with van der Waals surface area (Å²) < 4.78 is 0. The number of carboxylic acids is 1. The van der Waals surface area contributed by atoms with Crippen LogP contribution in [0.15, 0.2) is 24.3 Å². The van der Waals surface area contributed by atoms with Crippen LogP contribution in [0.1, 0.15) is 33.1 Å². The molecule has 0 aromatic heterocycles. The maximum atomic E-state index is 11.6. The van der Waals surface area contributed by atoms with E-state index in [0.29, 0.717) is 17.9 Å². The van der Waals surface area contributed by atoms with Crippen molar-refractivity contribution in [1.82, 2.24) is 0 Å². The largest absolute Gasteiger partial charge is 0.480 e. The van der Waals surface area contributed by atoms with Crippen LogP contribution in [0.5, 0.6) is 0 Å². The third-order valence-corrected chi connectivity index (χ3v) is 3.90. The molecule has 0 radical (unpaired) electrons. The van der Waals surface area contributed by atoms with Crippen LogP contribution in [0.25, 0.3) is 0 Å². The summed E-state index contributed by atoms with van der Waals surface area (Å²) in [5, 5.41) is 13.4. The molecule has 0 aliphatic heterocycles. The fraction of sp³-hybridized carbons (Fsp3) is 0.500. The minimum absolute atomic E-state index is 0.0673. The van der Waals surface area contributed by atoms with Gasteiger partial charge in [0.25, 0.3) is 0 Å². The van der Waals surface area contributed by atoms with Crippen molar-refractivity contribution in [3.63, 3.8) is 0 Å². The van der Waals surface area contributed by atoms with E-state index in [9.17, 15) is 9.90 Å². The number of rotatable bonds is 3. The number of carboxylic acid groups (broad SMARTS) is 1. The van der Waals surface area contributed by atoms with Crippen molar-refractivity contribution in [1.29, 1.82) is 0 Å². The minimum atomic E-state index is -0.850. The van der Waals surface area contributed by atoms with E-state index < -0.39 is 11.5 Å². The van der Waals surface area contributed by atoms with E-state index in [1.165, 1.54) is 0 Å². The van der Waals surface area contributed by atoms with Gasteiger partial charge in [0.2, 0.25) is 0 Å². The number of nitrogens with one attached hydrogen (secondary N) is 1. The topological polar surface area (TPSA) is 49.3 Å². The second-order valence-corrected chi connectivity index (χ2v) is 6.30. The van der Waals surface area contributed by atoms with Crippen molar-refractivity contribution in [2.24, 2.45) is 5.41 Å². The molecule has 2 rings (SSSR count). The number of hydrogen-bond donors (Lipinski definition) is 2. The van der Waals surface area contributed by atoms with Crippen molar-refractivity contribution in [3.05, 3.63) is 29.3 Å². The molecule has 1 aromatic rings. The Labute approximate surface area is 112 Å². The van der Waals surface area contributed by atoms with Crippen LogP contribution in [-0.2, 0) is 4.79 Å².